The first-order valence-corrected chi connectivity index (χ1v) is 12.3. The molecule has 2 aromatic heterocycles. The highest BCUT2D eigenvalue weighted by molar-refractivity contribution is 7.92. The molecule has 2 heterocycles. The first-order valence-electron chi connectivity index (χ1n) is 9.56. The van der Waals surface area contributed by atoms with Gasteiger partial charge in [0, 0.05) is 34.4 Å². The van der Waals surface area contributed by atoms with Crippen LogP contribution in [0.1, 0.15) is 42.5 Å². The monoisotopic (exact) mass is 418 g/mol. The third-order valence-electron chi connectivity index (χ3n) is 4.80. The van der Waals surface area contributed by atoms with Crippen LogP contribution in [0.25, 0.3) is 10.9 Å². The minimum Gasteiger partial charge on any atom is -0.361 e. The molecule has 7 heteroatoms. The molecule has 0 fully saturated rings. The molecule has 2 N–H and O–H groups in total. The number of carbonyl (C=O) groups is 1. The summed E-state index contributed by atoms with van der Waals surface area (Å²) in [6, 6.07) is 12.1. The van der Waals surface area contributed by atoms with Gasteiger partial charge in [0.05, 0.1) is 5.75 Å². The van der Waals surface area contributed by atoms with Crippen LogP contribution in [0, 0.1) is 0 Å². The number of sulfone groups is 1. The van der Waals surface area contributed by atoms with Crippen molar-refractivity contribution in [3.8, 4) is 0 Å². The van der Waals surface area contributed by atoms with Crippen LogP contribution in [-0.2, 0) is 14.6 Å². The van der Waals surface area contributed by atoms with Gasteiger partial charge >= 0.3 is 0 Å². The number of amides is 1. The van der Waals surface area contributed by atoms with Crippen LogP contribution in [0.2, 0.25) is 0 Å². The van der Waals surface area contributed by atoms with Gasteiger partial charge in [0.1, 0.15) is 5.75 Å². The van der Waals surface area contributed by atoms with Crippen molar-refractivity contribution in [2.24, 2.45) is 0 Å². The molecule has 3 rings (SSSR count). The summed E-state index contributed by atoms with van der Waals surface area (Å²) in [7, 11) is -3.36. The lowest BCUT2D eigenvalue weighted by molar-refractivity contribution is -0.118. The summed E-state index contributed by atoms with van der Waals surface area (Å²) in [4.78, 5) is 16.7. The number of nitrogens with one attached hydrogen (secondary N) is 2. The van der Waals surface area contributed by atoms with E-state index in [4.69, 9.17) is 0 Å². The van der Waals surface area contributed by atoms with E-state index in [9.17, 15) is 13.2 Å². The van der Waals surface area contributed by atoms with Crippen molar-refractivity contribution in [3.05, 3.63) is 58.4 Å². The lowest BCUT2D eigenvalue weighted by atomic mass is 9.96. The van der Waals surface area contributed by atoms with Gasteiger partial charge in [-0.05, 0) is 29.5 Å². The summed E-state index contributed by atoms with van der Waals surface area (Å²) in [6.45, 7) is 2.39. The predicted octanol–water partition coefficient (Wildman–Crippen LogP) is 4.08. The zero-order chi connectivity index (χ0) is 20.0. The molecule has 1 unspecified atom stereocenters. The Morgan fingerprint density at radius 1 is 1.18 bits per heavy atom. The maximum Gasteiger partial charge on any atom is 0.235 e. The van der Waals surface area contributed by atoms with Crippen molar-refractivity contribution >= 4 is 38.0 Å². The minimum absolute atomic E-state index is 0.0251. The van der Waals surface area contributed by atoms with Crippen molar-refractivity contribution in [3.63, 3.8) is 0 Å². The van der Waals surface area contributed by atoms with E-state index >= 15 is 0 Å². The highest BCUT2D eigenvalue weighted by Gasteiger charge is 2.22. The molecule has 1 aromatic carbocycles. The molecule has 150 valence electrons. The summed E-state index contributed by atoms with van der Waals surface area (Å²) in [6.07, 6.45) is 4.40. The lowest BCUT2D eigenvalue weighted by Gasteiger charge is -2.16. The van der Waals surface area contributed by atoms with E-state index in [1.54, 1.807) is 11.3 Å². The van der Waals surface area contributed by atoms with Gasteiger partial charge in [0.2, 0.25) is 5.91 Å². The summed E-state index contributed by atoms with van der Waals surface area (Å²) in [5.74, 6) is -0.826. The maximum atomic E-state index is 12.3. The van der Waals surface area contributed by atoms with E-state index in [0.29, 0.717) is 13.0 Å². The van der Waals surface area contributed by atoms with Gasteiger partial charge in [0.25, 0.3) is 0 Å². The van der Waals surface area contributed by atoms with Gasteiger partial charge in [-0.1, -0.05) is 44.0 Å². The number of carbonyl (C=O) groups excluding carboxylic acids is 1. The van der Waals surface area contributed by atoms with Crippen LogP contribution in [0.4, 0.5) is 0 Å². The molecule has 0 bridgehead atoms. The second-order valence-electron chi connectivity index (χ2n) is 6.96. The van der Waals surface area contributed by atoms with Crippen LogP contribution in [0.3, 0.4) is 0 Å². The zero-order valence-corrected chi connectivity index (χ0v) is 17.6. The number of hydrogen-bond acceptors (Lipinski definition) is 4. The fourth-order valence-electron chi connectivity index (χ4n) is 3.35. The Hall–Kier alpha value is -2.12. The van der Waals surface area contributed by atoms with Crippen LogP contribution >= 0.6 is 11.3 Å². The molecule has 1 amide bonds. The van der Waals surface area contributed by atoms with E-state index in [-0.39, 0.29) is 11.7 Å². The van der Waals surface area contributed by atoms with E-state index in [0.717, 1.165) is 34.2 Å². The molecule has 3 aromatic rings. The van der Waals surface area contributed by atoms with Gasteiger partial charge in [-0.15, -0.1) is 11.3 Å². The van der Waals surface area contributed by atoms with Gasteiger partial charge in [0.15, 0.2) is 9.84 Å². The largest absolute Gasteiger partial charge is 0.361 e. The topological polar surface area (TPSA) is 79.0 Å². The number of aromatic amines is 1. The predicted molar refractivity (Wildman–Crippen MR) is 116 cm³/mol. The van der Waals surface area contributed by atoms with Crippen molar-refractivity contribution in [1.82, 2.24) is 10.3 Å². The molecular weight excluding hydrogens is 392 g/mol. The van der Waals surface area contributed by atoms with Crippen LogP contribution in [0.5, 0.6) is 0 Å². The molecule has 5 nitrogen and oxygen atoms in total. The van der Waals surface area contributed by atoms with E-state index in [2.05, 4.69) is 16.4 Å². The van der Waals surface area contributed by atoms with Crippen LogP contribution < -0.4 is 5.32 Å². The third kappa shape index (κ3) is 5.23. The number of unbranched alkanes of at least 4 members (excludes halogenated alkanes) is 2. The Labute approximate surface area is 170 Å². The number of H-pyrrole nitrogens is 1. The van der Waals surface area contributed by atoms with Gasteiger partial charge in [-0.2, -0.15) is 0 Å². The van der Waals surface area contributed by atoms with Crippen LogP contribution in [-0.4, -0.2) is 37.4 Å². The number of rotatable bonds is 10. The Balaban J connectivity index is 1.71. The molecule has 0 saturated carbocycles. The van der Waals surface area contributed by atoms with Crippen molar-refractivity contribution in [2.75, 3.05) is 18.1 Å². The van der Waals surface area contributed by atoms with E-state index < -0.39 is 21.5 Å². The molecule has 0 aliphatic heterocycles. The van der Waals surface area contributed by atoms with Crippen molar-refractivity contribution in [1.29, 1.82) is 0 Å². The average molecular weight is 419 g/mol. The number of benzene rings is 1. The Kier molecular flexibility index (Phi) is 6.91. The smallest absolute Gasteiger partial charge is 0.235 e. The Morgan fingerprint density at radius 3 is 2.75 bits per heavy atom. The molecule has 0 radical (unpaired) electrons. The molecule has 0 spiro atoms. The highest BCUT2D eigenvalue weighted by atomic mass is 32.2. The Bertz CT molecular complexity index is 1010. The average Bonchev–Trinajstić information content (AvgIpc) is 3.32. The fourth-order valence-corrected chi connectivity index (χ4v) is 5.48. The van der Waals surface area contributed by atoms with Crippen molar-refractivity contribution < 1.29 is 13.2 Å². The normalized spacial score (nSPS) is 12.9. The molecule has 0 saturated heterocycles. The molecule has 1 atom stereocenters. The van der Waals surface area contributed by atoms with Gasteiger partial charge in [-0.3, -0.25) is 4.79 Å². The fraction of sp³-hybridized carbons (Fsp3) is 0.381. The lowest BCUT2D eigenvalue weighted by Crippen LogP contribution is -2.34. The van der Waals surface area contributed by atoms with E-state index in [1.807, 2.05) is 48.8 Å². The summed E-state index contributed by atoms with van der Waals surface area (Å²) >= 11 is 1.63. The minimum atomic E-state index is -3.36. The van der Waals surface area contributed by atoms with Gasteiger partial charge < -0.3 is 10.3 Å². The SMILES string of the molecule is CCCCCS(=O)(=O)CC(=O)NCC(c1cccs1)c1c[nH]c2ccccc12. The Morgan fingerprint density at radius 2 is 2.00 bits per heavy atom. The molecule has 28 heavy (non-hydrogen) atoms. The second-order valence-corrected chi connectivity index (χ2v) is 10.1. The zero-order valence-electron chi connectivity index (χ0n) is 16.0. The van der Waals surface area contributed by atoms with Crippen molar-refractivity contribution in [2.45, 2.75) is 32.1 Å². The summed E-state index contributed by atoms with van der Waals surface area (Å²) in [5.41, 5.74) is 2.15. The number of thiophene rings is 1. The maximum absolute atomic E-state index is 12.3. The van der Waals surface area contributed by atoms with Gasteiger partial charge in [-0.25, -0.2) is 8.42 Å². The molecule has 0 aliphatic carbocycles. The second kappa shape index (κ2) is 9.39. The number of fused-ring (bicyclic) bond motifs is 1. The summed E-state index contributed by atoms with van der Waals surface area (Å²) < 4.78 is 24.3. The van der Waals surface area contributed by atoms with E-state index in [1.165, 1.54) is 0 Å². The highest BCUT2D eigenvalue weighted by Crippen LogP contribution is 2.32. The number of hydrogen-bond donors (Lipinski definition) is 2. The number of aromatic nitrogens is 1. The van der Waals surface area contributed by atoms with Crippen LogP contribution in [0.15, 0.2) is 48.0 Å². The molecular formula is C21H26N2O3S2. The summed E-state index contributed by atoms with van der Waals surface area (Å²) in [5, 5.41) is 5.97. The first kappa shape index (κ1) is 20.6. The quantitative estimate of drug-likeness (QED) is 0.487. The third-order valence-corrected chi connectivity index (χ3v) is 7.40. The standard InChI is InChI=1S/C21H26N2O3S2/c1-2-3-6-12-28(25,26)15-21(24)23-14-18(20-10-7-11-27-20)17-13-22-19-9-5-4-8-16(17)19/h4-5,7-11,13,18,22H,2-3,6,12,14-15H2,1H3,(H,23,24). The molecule has 0 aliphatic rings. The number of para-hydroxylation sites is 1. The first-order chi connectivity index (χ1) is 13.5.